The Labute approximate surface area is 434 Å². The second-order valence-electron chi connectivity index (χ2n) is 27.7. The fourth-order valence-electron chi connectivity index (χ4n) is 13.8. The molecule has 0 fully saturated rings. The number of anilines is 6. The van der Waals surface area contributed by atoms with Gasteiger partial charge in [0.05, 0.1) is 5.69 Å². The zero-order valence-electron chi connectivity index (χ0n) is 46.8. The molecule has 0 saturated heterocycles. The number of nitrogens with zero attached hydrogens (tertiary/aromatic N) is 2. The van der Waals surface area contributed by atoms with Crippen LogP contribution in [0.25, 0.3) is 11.1 Å². The highest BCUT2D eigenvalue weighted by Gasteiger charge is 2.49. The average Bonchev–Trinajstić information content (AvgIpc) is 3.50. The summed E-state index contributed by atoms with van der Waals surface area (Å²) in [6.45, 7) is 41.3. The van der Waals surface area contributed by atoms with Crippen molar-refractivity contribution in [1.82, 2.24) is 0 Å². The monoisotopic (exact) mass is 947 g/mol. The predicted octanol–water partition coefficient (Wildman–Crippen LogP) is 17.0. The molecule has 72 heavy (non-hydrogen) atoms. The van der Waals surface area contributed by atoms with Crippen LogP contribution < -0.4 is 26.2 Å². The predicted molar refractivity (Wildman–Crippen MR) is 313 cm³/mol. The number of aryl methyl sites for hydroxylation is 1. The molecule has 2 aliphatic heterocycles. The molecular weight excluding hydrogens is 868 g/mol. The second kappa shape index (κ2) is 15.9. The number of hydrogen-bond acceptors (Lipinski definition) is 2. The summed E-state index contributed by atoms with van der Waals surface area (Å²) in [6.07, 6.45) is 3.46. The third-order valence-electron chi connectivity index (χ3n) is 18.2. The topological polar surface area (TPSA) is 6.48 Å². The molecule has 3 heteroatoms. The van der Waals surface area contributed by atoms with E-state index in [1.54, 1.807) is 0 Å². The van der Waals surface area contributed by atoms with Gasteiger partial charge in [0.1, 0.15) is 0 Å². The van der Waals surface area contributed by atoms with Gasteiger partial charge in [0, 0.05) is 39.4 Å². The fraction of sp³-hybridized carbons (Fsp3) is 0.391. The van der Waals surface area contributed by atoms with Crippen molar-refractivity contribution in [2.45, 2.75) is 175 Å². The van der Waals surface area contributed by atoms with E-state index in [2.05, 4.69) is 261 Å². The number of fused-ring (bicyclic) bond motifs is 6. The van der Waals surface area contributed by atoms with Crippen molar-refractivity contribution in [1.29, 1.82) is 0 Å². The highest BCUT2D eigenvalue weighted by Crippen LogP contribution is 2.55. The molecule has 4 aliphatic rings. The second-order valence-corrected chi connectivity index (χ2v) is 27.7. The van der Waals surface area contributed by atoms with Crippen LogP contribution in [0.2, 0.25) is 0 Å². The summed E-state index contributed by atoms with van der Waals surface area (Å²) in [5.41, 5.74) is 26.8. The Morgan fingerprint density at radius 2 is 0.889 bits per heavy atom. The first kappa shape index (κ1) is 48.5. The summed E-state index contributed by atoms with van der Waals surface area (Å²) >= 11 is 0. The molecule has 7 aromatic rings. The maximum Gasteiger partial charge on any atom is 0.252 e. The minimum absolute atomic E-state index is 0.00236. The van der Waals surface area contributed by atoms with Crippen LogP contribution in [0.5, 0.6) is 0 Å². The molecule has 0 spiro atoms. The summed E-state index contributed by atoms with van der Waals surface area (Å²) < 4.78 is 0. The van der Waals surface area contributed by atoms with Gasteiger partial charge >= 0.3 is 0 Å². The van der Waals surface area contributed by atoms with Gasteiger partial charge in [0.2, 0.25) is 0 Å². The first-order chi connectivity index (χ1) is 33.6. The van der Waals surface area contributed by atoms with Crippen LogP contribution in [-0.4, -0.2) is 6.71 Å². The molecule has 0 aromatic heterocycles. The third-order valence-corrected chi connectivity index (χ3v) is 18.2. The molecule has 0 radical (unpaired) electrons. The minimum Gasteiger partial charge on any atom is -0.311 e. The zero-order valence-corrected chi connectivity index (χ0v) is 46.8. The lowest BCUT2D eigenvalue weighted by molar-refractivity contribution is 0.332. The normalized spacial score (nSPS) is 18.0. The Bertz CT molecular complexity index is 3330. The first-order valence-electron chi connectivity index (χ1n) is 27.1. The lowest BCUT2D eigenvalue weighted by atomic mass is 9.33. The molecular formula is C69H79BN2. The quantitative estimate of drug-likeness (QED) is 0.159. The van der Waals surface area contributed by atoms with Gasteiger partial charge in [0.25, 0.3) is 6.71 Å². The Morgan fingerprint density at radius 1 is 0.403 bits per heavy atom. The number of benzene rings is 7. The summed E-state index contributed by atoms with van der Waals surface area (Å²) in [6, 6.07) is 53.0. The minimum atomic E-state index is -0.234. The van der Waals surface area contributed by atoms with Gasteiger partial charge < -0.3 is 9.80 Å². The van der Waals surface area contributed by atoms with Gasteiger partial charge in [-0.1, -0.05) is 202 Å². The largest absolute Gasteiger partial charge is 0.311 e. The molecule has 368 valence electrons. The highest BCUT2D eigenvalue weighted by molar-refractivity contribution is 7.00. The van der Waals surface area contributed by atoms with E-state index < -0.39 is 0 Å². The summed E-state index contributed by atoms with van der Waals surface area (Å²) in [7, 11) is 0. The molecule has 2 aliphatic carbocycles. The summed E-state index contributed by atoms with van der Waals surface area (Å²) in [5, 5.41) is 0. The Morgan fingerprint density at radius 3 is 1.49 bits per heavy atom. The van der Waals surface area contributed by atoms with E-state index in [-0.39, 0.29) is 44.6 Å². The highest BCUT2D eigenvalue weighted by atomic mass is 15.2. The van der Waals surface area contributed by atoms with E-state index in [9.17, 15) is 0 Å². The molecule has 0 saturated carbocycles. The van der Waals surface area contributed by atoms with E-state index in [1.807, 2.05) is 0 Å². The Balaban J connectivity index is 1.30. The molecule has 0 bridgehead atoms. The molecule has 7 aromatic carbocycles. The van der Waals surface area contributed by atoms with E-state index in [4.69, 9.17) is 0 Å². The molecule has 0 unspecified atom stereocenters. The fourth-order valence-corrected chi connectivity index (χ4v) is 13.8. The molecule has 2 nitrogen and oxygen atoms in total. The van der Waals surface area contributed by atoms with Crippen molar-refractivity contribution in [3.8, 4) is 11.1 Å². The van der Waals surface area contributed by atoms with Gasteiger partial charge in [-0.3, -0.25) is 0 Å². The van der Waals surface area contributed by atoms with Crippen LogP contribution in [0.1, 0.15) is 180 Å². The van der Waals surface area contributed by atoms with E-state index in [1.165, 1.54) is 125 Å². The van der Waals surface area contributed by atoms with Crippen LogP contribution in [0.4, 0.5) is 34.1 Å². The third kappa shape index (κ3) is 7.48. The maximum absolute atomic E-state index is 2.74. The molecule has 11 rings (SSSR count). The van der Waals surface area contributed by atoms with Crippen LogP contribution in [0, 0.1) is 6.92 Å². The van der Waals surface area contributed by atoms with Crippen LogP contribution >= 0.6 is 0 Å². The van der Waals surface area contributed by atoms with Crippen LogP contribution in [0.15, 0.2) is 133 Å². The zero-order chi connectivity index (χ0) is 51.5. The molecule has 0 amide bonds. The van der Waals surface area contributed by atoms with Crippen LogP contribution in [0.3, 0.4) is 0 Å². The lowest BCUT2D eigenvalue weighted by Crippen LogP contribution is -2.62. The van der Waals surface area contributed by atoms with Gasteiger partial charge in [-0.05, 0) is 173 Å². The lowest BCUT2D eigenvalue weighted by Gasteiger charge is -2.47. The van der Waals surface area contributed by atoms with Crippen LogP contribution in [-0.2, 0) is 37.9 Å². The van der Waals surface area contributed by atoms with Gasteiger partial charge in [-0.15, -0.1) is 0 Å². The van der Waals surface area contributed by atoms with Crippen molar-refractivity contribution in [2.24, 2.45) is 0 Å². The van der Waals surface area contributed by atoms with E-state index in [0.717, 1.165) is 6.42 Å². The Hall–Kier alpha value is -5.80. The SMILES string of the molecule is Cc1cc2c(cc1N1c3cc(C(C)(C)c4ccccc4)ccc3B3c4cc5c(cc4N(c4ccc(C(C)(C)C)cc4-c4ccccc4)c4cc(C(C)(C)C)cc1c43)C(C)(C)CC5(C)C)C(C)(C)CCC2(C)C. The van der Waals surface area contributed by atoms with E-state index >= 15 is 0 Å². The van der Waals surface area contributed by atoms with Gasteiger partial charge in [-0.25, -0.2) is 0 Å². The van der Waals surface area contributed by atoms with Gasteiger partial charge in [0.15, 0.2) is 0 Å². The smallest absolute Gasteiger partial charge is 0.252 e. The maximum atomic E-state index is 2.74. The van der Waals surface area contributed by atoms with Crippen molar-refractivity contribution in [2.75, 3.05) is 9.80 Å². The van der Waals surface area contributed by atoms with Crippen molar-refractivity contribution >= 4 is 57.2 Å². The van der Waals surface area contributed by atoms with Crippen molar-refractivity contribution in [3.63, 3.8) is 0 Å². The van der Waals surface area contributed by atoms with Gasteiger partial charge in [-0.2, -0.15) is 0 Å². The van der Waals surface area contributed by atoms with E-state index in [0.29, 0.717) is 0 Å². The van der Waals surface area contributed by atoms with Crippen molar-refractivity contribution < 1.29 is 0 Å². The average molecular weight is 947 g/mol. The molecule has 0 atom stereocenters. The van der Waals surface area contributed by atoms with Crippen molar-refractivity contribution in [3.05, 3.63) is 184 Å². The Kier molecular flexibility index (Phi) is 10.7. The standard InChI is InChI=1S/C69H79BN2/c1-43-34-50-52(66(10,11)33-32-65(50,8)9)40-57(43)72-58-36-47(69(16,17)45-26-22-19-23-27-45)28-30-54(58)70-55-39-51-53(68(14,15)42-67(51,12)13)41-59(55)71(60-37-48(64(5,6)7)38-61(72)62(60)70)56-31-29-46(63(2,3)4)35-49(56)44-24-20-18-21-25-44/h18-31,34-41H,32-33,42H2,1-17H3. The number of rotatable bonds is 5. The number of hydrogen-bond donors (Lipinski definition) is 0. The molecule has 0 N–H and O–H groups in total. The summed E-state index contributed by atoms with van der Waals surface area (Å²) in [4.78, 5) is 5.46. The summed E-state index contributed by atoms with van der Waals surface area (Å²) in [5.74, 6) is 0. The molecule has 2 heterocycles. The first-order valence-corrected chi connectivity index (χ1v) is 27.1.